The molecule has 1 heterocycles. The maximum Gasteiger partial charge on any atom is 0.355 e. The molecular weight excluding hydrogens is 518 g/mol. The summed E-state index contributed by atoms with van der Waals surface area (Å²) in [6, 6.07) is 8.11. The fourth-order valence-electron chi connectivity index (χ4n) is 3.35. The molecule has 4 rings (SSSR count). The van der Waals surface area contributed by atoms with Crippen LogP contribution < -0.4 is 10.7 Å². The molecule has 2 unspecified atom stereocenters. The van der Waals surface area contributed by atoms with E-state index in [4.69, 9.17) is 10.3 Å². The molecule has 0 fully saturated rings. The number of amides is 1. The number of azo groups is 1. The number of carbonyl (C=O) groups excluding carboxylic acids is 1. The zero-order valence-corrected chi connectivity index (χ0v) is 19.3. The Kier molecular flexibility index (Phi) is 6.27. The molecule has 0 saturated heterocycles. The number of nitrogen functional groups attached to an aromatic ring is 1. The van der Waals surface area contributed by atoms with Gasteiger partial charge in [-0.2, -0.15) is 28.8 Å². The van der Waals surface area contributed by atoms with Crippen LogP contribution in [0.3, 0.4) is 0 Å². The molecule has 0 spiro atoms. The molecule has 186 valence electrons. The first-order chi connectivity index (χ1) is 16.9. The molecule has 0 aliphatic carbocycles. The van der Waals surface area contributed by atoms with Crippen molar-refractivity contribution in [3.8, 4) is 5.75 Å². The number of anilines is 2. The van der Waals surface area contributed by atoms with Crippen molar-refractivity contribution in [2.45, 2.75) is 15.8 Å². The topological polar surface area (TPSA) is 233 Å². The van der Waals surface area contributed by atoms with Crippen molar-refractivity contribution < 1.29 is 41.5 Å². The second-order valence-electron chi connectivity index (χ2n) is 7.32. The smallest absolute Gasteiger partial charge is 0.355 e. The third kappa shape index (κ3) is 4.52. The van der Waals surface area contributed by atoms with Crippen LogP contribution in [0.2, 0.25) is 0 Å². The third-order valence-electron chi connectivity index (χ3n) is 5.08. The van der Waals surface area contributed by atoms with Gasteiger partial charge < -0.3 is 20.5 Å². The van der Waals surface area contributed by atoms with Gasteiger partial charge in [0.05, 0.1) is 26.9 Å². The number of carboxylic acids is 1. The fourth-order valence-corrected chi connectivity index (χ4v) is 4.34. The molecule has 3 aromatic rings. The molecule has 0 saturated carbocycles. The summed E-state index contributed by atoms with van der Waals surface area (Å²) in [5.41, 5.74) is 4.91. The fraction of sp³-hybridized carbons (Fsp3) is 0.0500. The summed E-state index contributed by atoms with van der Waals surface area (Å²) in [7, 11) is -4.48. The summed E-state index contributed by atoms with van der Waals surface area (Å²) in [5, 5.41) is 32.4. The van der Waals surface area contributed by atoms with Gasteiger partial charge >= 0.3 is 5.97 Å². The van der Waals surface area contributed by atoms with E-state index in [9.17, 15) is 37.0 Å². The van der Waals surface area contributed by atoms with Gasteiger partial charge in [0.25, 0.3) is 16.0 Å². The predicted molar refractivity (Wildman–Crippen MR) is 126 cm³/mol. The first kappa shape index (κ1) is 24.9. The summed E-state index contributed by atoms with van der Waals surface area (Å²) >= 11 is -2.48. The lowest BCUT2D eigenvalue weighted by atomic mass is 10.1. The van der Waals surface area contributed by atoms with E-state index in [2.05, 4.69) is 15.3 Å². The lowest BCUT2D eigenvalue weighted by molar-refractivity contribution is -0.130. The Morgan fingerprint density at radius 3 is 2.39 bits per heavy atom. The molecule has 3 aromatic carbocycles. The maximum absolute atomic E-state index is 12.9. The number of aliphatic carboxylic acids is 1. The van der Waals surface area contributed by atoms with E-state index in [1.165, 1.54) is 24.3 Å². The van der Waals surface area contributed by atoms with Crippen molar-refractivity contribution in [1.82, 2.24) is 0 Å². The molecule has 0 bridgehead atoms. The van der Waals surface area contributed by atoms with Crippen molar-refractivity contribution in [2.24, 2.45) is 15.3 Å². The molecule has 6 N–H and O–H groups in total. The summed E-state index contributed by atoms with van der Waals surface area (Å²) in [5.74, 6) is -2.84. The summed E-state index contributed by atoms with van der Waals surface area (Å²) in [6.45, 7) is 0. The number of aromatic hydroxyl groups is 1. The van der Waals surface area contributed by atoms with Crippen LogP contribution in [0.5, 0.6) is 5.75 Å². The number of carboxylic acid groups (broad SMARTS) is 1. The summed E-state index contributed by atoms with van der Waals surface area (Å²) in [6.07, 6.45) is 0. The Bertz CT molecular complexity index is 1620. The lowest BCUT2D eigenvalue weighted by Gasteiger charge is -2.12. The highest BCUT2D eigenvalue weighted by Gasteiger charge is 2.41. The number of nitrogens with two attached hydrogens (primary N) is 1. The van der Waals surface area contributed by atoms with Crippen LogP contribution in [-0.2, 0) is 30.8 Å². The monoisotopic (exact) mass is 533 g/mol. The number of nitrogens with zero attached hydrogens (tertiary/aromatic N) is 4. The van der Waals surface area contributed by atoms with Crippen LogP contribution in [0.15, 0.2) is 73.7 Å². The molecule has 2 atom stereocenters. The van der Waals surface area contributed by atoms with Crippen LogP contribution in [-0.4, -0.2) is 55.6 Å². The number of fused-ring (bicyclic) bond motifs is 1. The van der Waals surface area contributed by atoms with Gasteiger partial charge in [0.15, 0.2) is 16.8 Å². The van der Waals surface area contributed by atoms with Crippen molar-refractivity contribution in [1.29, 1.82) is 0 Å². The van der Waals surface area contributed by atoms with E-state index < -0.39 is 55.5 Å². The minimum Gasteiger partial charge on any atom is -0.505 e. The van der Waals surface area contributed by atoms with E-state index in [0.717, 1.165) is 24.3 Å². The van der Waals surface area contributed by atoms with Crippen LogP contribution >= 0.6 is 0 Å². The Labute approximate surface area is 204 Å². The SMILES string of the molecule is Nc1c(S(=O)O)cc2cc(N=NC3C(=O)N(c4ccc(S(=O)(=O)O)cc4)N=C3C(=O)O)ccc2c1O. The van der Waals surface area contributed by atoms with Crippen LogP contribution in [0.1, 0.15) is 0 Å². The van der Waals surface area contributed by atoms with Crippen LogP contribution in [0.25, 0.3) is 10.8 Å². The lowest BCUT2D eigenvalue weighted by Crippen LogP contribution is -2.33. The maximum atomic E-state index is 12.9. The highest BCUT2D eigenvalue weighted by Crippen LogP contribution is 2.37. The molecule has 0 radical (unpaired) electrons. The average Bonchev–Trinajstić information content (AvgIpc) is 3.15. The van der Waals surface area contributed by atoms with E-state index in [0.29, 0.717) is 5.01 Å². The number of hydrazone groups is 1. The van der Waals surface area contributed by atoms with Gasteiger partial charge in [-0.1, -0.05) is 0 Å². The quantitative estimate of drug-likeness (QED) is 0.101. The second-order valence-corrected chi connectivity index (χ2v) is 9.68. The number of benzene rings is 3. The number of phenolic OH excluding ortho intramolecular Hbond substituents is 1. The second kappa shape index (κ2) is 9.08. The Morgan fingerprint density at radius 2 is 1.81 bits per heavy atom. The Balaban J connectivity index is 1.67. The standard InChI is InChI=1S/C20H15N5O9S2/c21-15-14(35(30)31)8-9-7-10(1-6-13(9)18(15)26)22-23-16-17(20(28)29)24-25(19(16)27)11-2-4-12(5-3-11)36(32,33)34/h1-8,16,26H,21H2,(H,28,29)(H,30,31)(H,32,33,34). The molecule has 1 aliphatic rings. The van der Waals surface area contributed by atoms with E-state index in [1.807, 2.05) is 0 Å². The van der Waals surface area contributed by atoms with Crippen molar-refractivity contribution in [2.75, 3.05) is 10.7 Å². The Morgan fingerprint density at radius 1 is 1.14 bits per heavy atom. The number of rotatable bonds is 6. The van der Waals surface area contributed by atoms with E-state index in [1.54, 1.807) is 0 Å². The predicted octanol–water partition coefficient (Wildman–Crippen LogP) is 1.89. The highest BCUT2D eigenvalue weighted by atomic mass is 32.2. The molecule has 14 nitrogen and oxygen atoms in total. The van der Waals surface area contributed by atoms with Crippen molar-refractivity contribution in [3.63, 3.8) is 0 Å². The number of hydrogen-bond donors (Lipinski definition) is 5. The van der Waals surface area contributed by atoms with Crippen LogP contribution in [0, 0.1) is 0 Å². The molecule has 0 aromatic heterocycles. The van der Waals surface area contributed by atoms with Gasteiger partial charge in [-0.3, -0.25) is 9.35 Å². The number of hydrogen-bond acceptors (Lipinski definition) is 10. The molecule has 1 amide bonds. The van der Waals surface area contributed by atoms with Gasteiger partial charge in [0.1, 0.15) is 5.75 Å². The zero-order chi connectivity index (χ0) is 26.4. The van der Waals surface area contributed by atoms with Crippen molar-refractivity contribution in [3.05, 3.63) is 48.5 Å². The van der Waals surface area contributed by atoms with Gasteiger partial charge in [-0.05, 0) is 53.9 Å². The summed E-state index contributed by atoms with van der Waals surface area (Å²) in [4.78, 5) is 23.9. The number of phenols is 1. The number of carbonyl (C=O) groups is 2. The normalized spacial score (nSPS) is 17.1. The molecule has 16 heteroatoms. The van der Waals surface area contributed by atoms with E-state index >= 15 is 0 Å². The van der Waals surface area contributed by atoms with Crippen LogP contribution in [0.4, 0.5) is 17.1 Å². The molecular formula is C20H15N5O9S2. The minimum absolute atomic E-state index is 0.0205. The zero-order valence-electron chi connectivity index (χ0n) is 17.7. The summed E-state index contributed by atoms with van der Waals surface area (Å²) < 4.78 is 52.3. The third-order valence-corrected chi connectivity index (χ3v) is 6.66. The average molecular weight is 534 g/mol. The Hall–Kier alpha value is -4.25. The minimum atomic E-state index is -4.48. The van der Waals surface area contributed by atoms with Gasteiger partial charge in [-0.25, -0.2) is 9.00 Å². The van der Waals surface area contributed by atoms with Gasteiger partial charge in [0.2, 0.25) is 6.04 Å². The van der Waals surface area contributed by atoms with Gasteiger partial charge in [-0.15, -0.1) is 0 Å². The highest BCUT2D eigenvalue weighted by molar-refractivity contribution is 7.85. The van der Waals surface area contributed by atoms with Gasteiger partial charge in [0, 0.05) is 5.39 Å². The first-order valence-electron chi connectivity index (χ1n) is 9.68. The molecule has 1 aliphatic heterocycles. The largest absolute Gasteiger partial charge is 0.505 e. The molecule has 36 heavy (non-hydrogen) atoms. The van der Waals surface area contributed by atoms with E-state index in [-0.39, 0.29) is 32.7 Å². The van der Waals surface area contributed by atoms with Crippen molar-refractivity contribution >= 4 is 66.6 Å². The first-order valence-corrected chi connectivity index (χ1v) is 12.2.